The van der Waals surface area contributed by atoms with Gasteiger partial charge in [-0.15, -0.1) is 0 Å². The van der Waals surface area contributed by atoms with E-state index < -0.39 is 0 Å². The van der Waals surface area contributed by atoms with E-state index in [9.17, 15) is 0 Å². The molecule has 20 nitrogen and oxygen atoms in total. The fraction of sp³-hybridized carbons (Fsp3) is 0.292. The maximum Gasteiger partial charge on any atom is 0.177 e. The van der Waals surface area contributed by atoms with Crippen LogP contribution in [-0.2, 0) is 38.5 Å². The van der Waals surface area contributed by atoms with Gasteiger partial charge in [0.1, 0.15) is 5.65 Å². The summed E-state index contributed by atoms with van der Waals surface area (Å²) in [5, 5.41) is 22.8. The predicted molar refractivity (Wildman–Crippen MR) is 254 cm³/mol. The summed E-state index contributed by atoms with van der Waals surface area (Å²) >= 11 is 0. The van der Waals surface area contributed by atoms with E-state index in [1.54, 1.807) is 4.52 Å². The number of fused-ring (bicyclic) bond motifs is 6. The van der Waals surface area contributed by atoms with Crippen molar-refractivity contribution in [2.24, 2.45) is 0 Å². The highest BCUT2D eigenvalue weighted by molar-refractivity contribution is 5.48. The lowest BCUT2D eigenvalue weighted by molar-refractivity contribution is 0.777. The van der Waals surface area contributed by atoms with Gasteiger partial charge in [0.25, 0.3) is 0 Å². The first kappa shape index (κ1) is 43.5. The molecule has 0 bridgehead atoms. The standard InChI is InChI=1S/C17H19N7.C16H16N6.C15H15N7/c1-10-5-6-11(2)23-16(10)19-14(21-23)7-8-15-20-17-13(4)18-9-12(3)24(17)22-15;1-11-9-17-12(2)16-19-14(20-22(11)16)7-6-13-10-21-8-4-3-5-15(21)18-13;1-10-9-16-11(2)15-18-13(20-22(10)15)7-6-12-17-14-5-3-4-8-21(14)19-12/h5-6,9H,7-8H2,1-4H3;3-5,8-10H,6-7H2,1-2H3;3-5,8-9H,6-7H2,1-2H3. The minimum atomic E-state index is 0.704. The molecule has 68 heavy (non-hydrogen) atoms. The number of aromatic nitrogens is 20. The third kappa shape index (κ3) is 8.82. The van der Waals surface area contributed by atoms with Gasteiger partial charge in [0, 0.05) is 75.0 Å². The third-order valence-corrected chi connectivity index (χ3v) is 11.6. The van der Waals surface area contributed by atoms with Crippen molar-refractivity contribution in [2.75, 3.05) is 0 Å². The lowest BCUT2D eigenvalue weighted by Gasteiger charge is -1.98. The molecule has 0 fully saturated rings. The van der Waals surface area contributed by atoms with E-state index in [0.717, 1.165) is 127 Å². The molecular formula is C48H50N20. The Kier molecular flexibility index (Phi) is 11.6. The summed E-state index contributed by atoms with van der Waals surface area (Å²) in [6.45, 7) is 15.9. The third-order valence-electron chi connectivity index (χ3n) is 11.6. The highest BCUT2D eigenvalue weighted by Gasteiger charge is 2.14. The molecule has 0 amide bonds. The average molecular weight is 907 g/mol. The van der Waals surface area contributed by atoms with E-state index in [2.05, 4.69) is 95.6 Å². The minimum Gasteiger partial charge on any atom is -0.307 e. The number of hydrogen-bond acceptors (Lipinski definition) is 14. The summed E-state index contributed by atoms with van der Waals surface area (Å²) in [6.07, 6.45) is 15.8. The van der Waals surface area contributed by atoms with E-state index in [1.807, 2.05) is 138 Å². The first-order valence-corrected chi connectivity index (χ1v) is 22.5. The molecule has 0 unspecified atom stereocenters. The molecular weight excluding hydrogens is 857 g/mol. The van der Waals surface area contributed by atoms with Crippen molar-refractivity contribution in [1.29, 1.82) is 0 Å². The van der Waals surface area contributed by atoms with Crippen molar-refractivity contribution in [3.8, 4) is 0 Å². The molecule has 0 aromatic carbocycles. The molecule has 12 rings (SSSR count). The van der Waals surface area contributed by atoms with Crippen LogP contribution >= 0.6 is 0 Å². The zero-order valence-corrected chi connectivity index (χ0v) is 39.3. The van der Waals surface area contributed by atoms with E-state index >= 15 is 0 Å². The Labute approximate surface area is 389 Å². The summed E-state index contributed by atoms with van der Waals surface area (Å²) in [7, 11) is 0. The summed E-state index contributed by atoms with van der Waals surface area (Å²) in [5.74, 6) is 4.03. The lowest BCUT2D eigenvalue weighted by atomic mass is 10.2. The maximum absolute atomic E-state index is 4.65. The molecule has 12 aromatic heterocycles. The molecule has 0 spiro atoms. The number of imidazole rings is 1. The number of aryl methyl sites for hydroxylation is 14. The minimum absolute atomic E-state index is 0.704. The summed E-state index contributed by atoms with van der Waals surface area (Å²) < 4.78 is 11.3. The summed E-state index contributed by atoms with van der Waals surface area (Å²) in [5.41, 5.74) is 14.1. The van der Waals surface area contributed by atoms with Gasteiger partial charge in [0.05, 0.1) is 39.9 Å². The van der Waals surface area contributed by atoms with Crippen LogP contribution in [0.25, 0.3) is 33.9 Å². The Bertz CT molecular complexity index is 3300. The number of rotatable bonds is 9. The van der Waals surface area contributed by atoms with Crippen LogP contribution in [0.4, 0.5) is 0 Å². The number of hydrogen-bond donors (Lipinski definition) is 0. The molecule has 0 N–H and O–H groups in total. The zero-order chi connectivity index (χ0) is 47.1. The lowest BCUT2D eigenvalue weighted by Crippen LogP contribution is -1.99. The van der Waals surface area contributed by atoms with Crippen molar-refractivity contribution in [3.63, 3.8) is 0 Å². The monoisotopic (exact) mass is 906 g/mol. The van der Waals surface area contributed by atoms with Gasteiger partial charge >= 0.3 is 0 Å². The summed E-state index contributed by atoms with van der Waals surface area (Å²) in [4.78, 5) is 40.5. The van der Waals surface area contributed by atoms with Crippen molar-refractivity contribution in [3.05, 3.63) is 166 Å². The van der Waals surface area contributed by atoms with Gasteiger partial charge in [-0.3, -0.25) is 15.0 Å². The molecule has 0 saturated carbocycles. The van der Waals surface area contributed by atoms with Gasteiger partial charge in [-0.25, -0.2) is 52.5 Å². The normalized spacial score (nSPS) is 11.6. The first-order chi connectivity index (χ1) is 32.9. The second-order valence-corrected chi connectivity index (χ2v) is 16.9. The summed E-state index contributed by atoms with van der Waals surface area (Å²) in [6, 6.07) is 16.0. The largest absolute Gasteiger partial charge is 0.307 e. The quantitative estimate of drug-likeness (QED) is 0.165. The van der Waals surface area contributed by atoms with Crippen LogP contribution in [0, 0.1) is 55.4 Å². The Balaban J connectivity index is 0.000000119. The first-order valence-electron chi connectivity index (χ1n) is 22.5. The molecule has 0 saturated heterocycles. The molecule has 0 aliphatic heterocycles. The number of pyridine rings is 3. The van der Waals surface area contributed by atoms with Gasteiger partial charge in [-0.05, 0) is 97.7 Å². The fourth-order valence-electron chi connectivity index (χ4n) is 7.86. The Morgan fingerprint density at radius 3 is 1.29 bits per heavy atom. The van der Waals surface area contributed by atoms with Gasteiger partial charge in [0.2, 0.25) is 0 Å². The Hall–Kier alpha value is -8.42. The SMILES string of the molecule is Cc1ccc(C)n2nc(CCc3nc4c(C)ncc(C)n4n3)nc12.Cc1ncc(C)n2nc(CCc3cn4ccccc4n3)nc12.Cc1ncc(C)n2nc(CCc3nc4ccccn4n3)nc12. The molecule has 0 aliphatic carbocycles. The molecule has 12 aromatic rings. The molecule has 12 heterocycles. The topological polar surface area (TPSA) is 207 Å². The van der Waals surface area contributed by atoms with Crippen molar-refractivity contribution in [1.82, 2.24) is 97.3 Å². The highest BCUT2D eigenvalue weighted by atomic mass is 15.3. The van der Waals surface area contributed by atoms with Crippen LogP contribution in [0.5, 0.6) is 0 Å². The van der Waals surface area contributed by atoms with Crippen molar-refractivity contribution < 1.29 is 0 Å². The van der Waals surface area contributed by atoms with Crippen LogP contribution in [0.1, 0.15) is 80.2 Å². The van der Waals surface area contributed by atoms with Gasteiger partial charge in [-0.1, -0.05) is 18.2 Å². The molecule has 0 aliphatic rings. The predicted octanol–water partition coefficient (Wildman–Crippen LogP) is 5.93. The van der Waals surface area contributed by atoms with Crippen LogP contribution in [-0.4, -0.2) is 97.3 Å². The Morgan fingerprint density at radius 1 is 0.382 bits per heavy atom. The van der Waals surface area contributed by atoms with Crippen molar-refractivity contribution in [2.45, 2.75) is 93.9 Å². The second kappa shape index (κ2) is 18.1. The van der Waals surface area contributed by atoms with Crippen molar-refractivity contribution >= 4 is 33.9 Å². The molecule has 342 valence electrons. The van der Waals surface area contributed by atoms with Crippen LogP contribution in [0.3, 0.4) is 0 Å². The van der Waals surface area contributed by atoms with Crippen LogP contribution < -0.4 is 0 Å². The Morgan fingerprint density at radius 2 is 0.824 bits per heavy atom. The van der Waals surface area contributed by atoms with E-state index in [-0.39, 0.29) is 0 Å². The van der Waals surface area contributed by atoms with Crippen LogP contribution in [0.2, 0.25) is 0 Å². The van der Waals surface area contributed by atoms with Gasteiger partial charge < -0.3 is 4.40 Å². The fourth-order valence-corrected chi connectivity index (χ4v) is 7.86. The van der Waals surface area contributed by atoms with Gasteiger partial charge in [-0.2, -0.15) is 25.5 Å². The second-order valence-electron chi connectivity index (χ2n) is 16.9. The average Bonchev–Trinajstić information content (AvgIpc) is 4.21. The maximum atomic E-state index is 4.65. The number of nitrogens with zero attached hydrogens (tertiary/aromatic N) is 20. The molecule has 0 atom stereocenters. The smallest absolute Gasteiger partial charge is 0.177 e. The van der Waals surface area contributed by atoms with E-state index in [1.165, 1.54) is 0 Å². The molecule has 20 heteroatoms. The van der Waals surface area contributed by atoms with Gasteiger partial charge in [0.15, 0.2) is 57.4 Å². The van der Waals surface area contributed by atoms with Crippen LogP contribution in [0.15, 0.2) is 85.7 Å². The highest BCUT2D eigenvalue weighted by Crippen LogP contribution is 2.15. The van der Waals surface area contributed by atoms with E-state index in [4.69, 9.17) is 0 Å². The van der Waals surface area contributed by atoms with E-state index in [0.29, 0.717) is 25.7 Å². The zero-order valence-electron chi connectivity index (χ0n) is 39.3. The molecule has 0 radical (unpaired) electrons.